The van der Waals surface area contributed by atoms with Crippen LogP contribution in [0.1, 0.15) is 31.4 Å². The number of carbonyl (C=O) groups is 2. The van der Waals surface area contributed by atoms with Crippen molar-refractivity contribution in [1.29, 1.82) is 0 Å². The van der Waals surface area contributed by atoms with Gasteiger partial charge in [-0.05, 0) is 17.5 Å². The number of thioether (sulfide) groups is 1. The molecule has 24 heavy (non-hydrogen) atoms. The van der Waals surface area contributed by atoms with Gasteiger partial charge < -0.3 is 9.80 Å². The first-order valence-corrected chi connectivity index (χ1v) is 10.0. The minimum atomic E-state index is -0.343. The van der Waals surface area contributed by atoms with Crippen molar-refractivity contribution in [3.63, 3.8) is 0 Å². The van der Waals surface area contributed by atoms with Crippen LogP contribution in [0.5, 0.6) is 0 Å². The third-order valence-electron chi connectivity index (χ3n) is 5.17. The van der Waals surface area contributed by atoms with Gasteiger partial charge in [-0.3, -0.25) is 9.59 Å². The van der Waals surface area contributed by atoms with Gasteiger partial charge in [-0.2, -0.15) is 11.8 Å². The highest BCUT2D eigenvalue weighted by Gasteiger charge is 2.38. The zero-order chi connectivity index (χ0) is 17.1. The van der Waals surface area contributed by atoms with Gasteiger partial charge in [-0.15, -0.1) is 0 Å². The molecule has 1 saturated heterocycles. The smallest absolute Gasteiger partial charge is 0.245 e. The van der Waals surface area contributed by atoms with E-state index in [0.29, 0.717) is 13.0 Å². The molecule has 2 aliphatic heterocycles. The Bertz CT molecular complexity index is 613. The van der Waals surface area contributed by atoms with Gasteiger partial charge in [0.25, 0.3) is 0 Å². The molecule has 1 aromatic rings. The largest absolute Gasteiger partial charge is 0.339 e. The maximum absolute atomic E-state index is 13.1. The van der Waals surface area contributed by atoms with Crippen LogP contribution < -0.4 is 0 Å². The summed E-state index contributed by atoms with van der Waals surface area (Å²) in [5.74, 6) is 2.18. The van der Waals surface area contributed by atoms with Gasteiger partial charge in [-0.1, -0.05) is 38.1 Å². The summed E-state index contributed by atoms with van der Waals surface area (Å²) in [6, 6.07) is 7.85. The normalized spacial score (nSPS) is 22.0. The Morgan fingerprint density at radius 2 is 1.88 bits per heavy atom. The fraction of sp³-hybridized carbons (Fsp3) is 0.579. The molecule has 130 valence electrons. The lowest BCUT2D eigenvalue weighted by Gasteiger charge is -2.40. The van der Waals surface area contributed by atoms with Crippen molar-refractivity contribution in [3.8, 4) is 0 Å². The van der Waals surface area contributed by atoms with Gasteiger partial charge in [0.2, 0.25) is 11.8 Å². The lowest BCUT2D eigenvalue weighted by atomic mass is 9.91. The molecule has 0 radical (unpaired) electrons. The van der Waals surface area contributed by atoms with Gasteiger partial charge in [-0.25, -0.2) is 0 Å². The van der Waals surface area contributed by atoms with Crippen LogP contribution in [0.15, 0.2) is 24.3 Å². The van der Waals surface area contributed by atoms with Crippen LogP contribution in [0.4, 0.5) is 0 Å². The highest BCUT2D eigenvalue weighted by Crippen LogP contribution is 2.27. The summed E-state index contributed by atoms with van der Waals surface area (Å²) in [6.07, 6.45) is 1.44. The molecule has 3 rings (SSSR count). The molecule has 0 unspecified atom stereocenters. The summed E-state index contributed by atoms with van der Waals surface area (Å²) >= 11 is 1.89. The van der Waals surface area contributed by atoms with E-state index in [1.165, 1.54) is 11.1 Å². The third kappa shape index (κ3) is 3.46. The second-order valence-electron chi connectivity index (χ2n) is 6.70. The van der Waals surface area contributed by atoms with Crippen molar-refractivity contribution in [2.45, 2.75) is 39.3 Å². The SMILES string of the molecule is CC[C@H](C)C(=O)N1Cc2ccccc2C[C@H]1C(=O)N1CCSCC1. The van der Waals surface area contributed by atoms with Crippen LogP contribution in [-0.4, -0.2) is 52.3 Å². The lowest BCUT2D eigenvalue weighted by Crippen LogP contribution is -2.55. The van der Waals surface area contributed by atoms with Gasteiger partial charge >= 0.3 is 0 Å². The Balaban J connectivity index is 1.87. The van der Waals surface area contributed by atoms with Gasteiger partial charge in [0.05, 0.1) is 0 Å². The van der Waals surface area contributed by atoms with E-state index < -0.39 is 0 Å². The summed E-state index contributed by atoms with van der Waals surface area (Å²) in [4.78, 5) is 29.8. The summed E-state index contributed by atoms with van der Waals surface area (Å²) in [6.45, 7) is 6.14. The minimum absolute atomic E-state index is 0.0394. The van der Waals surface area contributed by atoms with E-state index in [9.17, 15) is 9.59 Å². The Kier molecular flexibility index (Phi) is 5.49. The van der Waals surface area contributed by atoms with E-state index in [4.69, 9.17) is 0 Å². The first kappa shape index (κ1) is 17.3. The number of benzene rings is 1. The summed E-state index contributed by atoms with van der Waals surface area (Å²) < 4.78 is 0. The second-order valence-corrected chi connectivity index (χ2v) is 7.93. The van der Waals surface area contributed by atoms with Crippen molar-refractivity contribution >= 4 is 23.6 Å². The molecule has 5 heteroatoms. The minimum Gasteiger partial charge on any atom is -0.339 e. The highest BCUT2D eigenvalue weighted by atomic mass is 32.2. The molecular weight excluding hydrogens is 320 g/mol. The molecule has 0 N–H and O–H groups in total. The topological polar surface area (TPSA) is 40.6 Å². The number of hydrogen-bond acceptors (Lipinski definition) is 3. The standard InChI is InChI=1S/C19H26N2O2S/c1-3-14(2)18(22)21-13-16-7-5-4-6-15(16)12-17(21)19(23)20-8-10-24-11-9-20/h4-7,14,17H,3,8-13H2,1-2H3/t14-,17-/m0/s1. The molecule has 1 fully saturated rings. The van der Waals surface area contributed by atoms with Gasteiger partial charge in [0.15, 0.2) is 0 Å². The summed E-state index contributed by atoms with van der Waals surface area (Å²) in [5.41, 5.74) is 2.38. The maximum atomic E-state index is 13.1. The Labute approximate surface area is 148 Å². The van der Waals surface area contributed by atoms with Crippen LogP contribution in [0.2, 0.25) is 0 Å². The van der Waals surface area contributed by atoms with Crippen LogP contribution in [0.3, 0.4) is 0 Å². The molecule has 0 aliphatic carbocycles. The molecule has 0 bridgehead atoms. The zero-order valence-corrected chi connectivity index (χ0v) is 15.3. The van der Waals surface area contributed by atoms with Gasteiger partial charge in [0.1, 0.15) is 6.04 Å². The number of rotatable bonds is 3. The summed E-state index contributed by atoms with van der Waals surface area (Å²) in [5, 5.41) is 0. The van der Waals surface area contributed by atoms with E-state index in [0.717, 1.165) is 31.0 Å². The van der Waals surface area contributed by atoms with Crippen molar-refractivity contribution < 1.29 is 9.59 Å². The fourth-order valence-corrected chi connectivity index (χ4v) is 4.33. The molecule has 2 heterocycles. The molecular formula is C19H26N2O2S. The van der Waals surface area contributed by atoms with Crippen LogP contribution in [0.25, 0.3) is 0 Å². The maximum Gasteiger partial charge on any atom is 0.245 e. The van der Waals surface area contributed by atoms with E-state index in [1.807, 2.05) is 47.5 Å². The highest BCUT2D eigenvalue weighted by molar-refractivity contribution is 7.99. The molecule has 2 amide bonds. The van der Waals surface area contributed by atoms with Crippen molar-refractivity contribution in [2.75, 3.05) is 24.6 Å². The molecule has 2 atom stereocenters. The zero-order valence-electron chi connectivity index (χ0n) is 14.5. The molecule has 0 spiro atoms. The van der Waals surface area contributed by atoms with Crippen LogP contribution >= 0.6 is 11.8 Å². The molecule has 0 aromatic heterocycles. The lowest BCUT2D eigenvalue weighted by molar-refractivity contribution is -0.149. The van der Waals surface area contributed by atoms with Crippen LogP contribution in [0, 0.1) is 5.92 Å². The monoisotopic (exact) mass is 346 g/mol. The summed E-state index contributed by atoms with van der Waals surface area (Å²) in [7, 11) is 0. The number of nitrogens with zero attached hydrogens (tertiary/aromatic N) is 2. The van der Waals surface area contributed by atoms with E-state index in [1.54, 1.807) is 0 Å². The average molecular weight is 346 g/mol. The molecule has 2 aliphatic rings. The van der Waals surface area contributed by atoms with E-state index in [2.05, 4.69) is 12.1 Å². The predicted molar refractivity (Wildman–Crippen MR) is 97.8 cm³/mol. The first-order chi connectivity index (χ1) is 11.6. The van der Waals surface area contributed by atoms with Crippen molar-refractivity contribution in [1.82, 2.24) is 9.80 Å². The van der Waals surface area contributed by atoms with Crippen molar-refractivity contribution in [2.24, 2.45) is 5.92 Å². The van der Waals surface area contributed by atoms with E-state index >= 15 is 0 Å². The predicted octanol–water partition coefficient (Wildman–Crippen LogP) is 2.56. The number of fused-ring (bicyclic) bond motifs is 1. The van der Waals surface area contributed by atoms with Crippen LogP contribution in [-0.2, 0) is 22.6 Å². The third-order valence-corrected chi connectivity index (χ3v) is 6.12. The fourth-order valence-electron chi connectivity index (χ4n) is 3.43. The van der Waals surface area contributed by atoms with Crippen molar-refractivity contribution in [3.05, 3.63) is 35.4 Å². The number of carbonyl (C=O) groups excluding carboxylic acids is 2. The Hall–Kier alpha value is -1.49. The average Bonchev–Trinajstić information content (AvgIpc) is 2.65. The van der Waals surface area contributed by atoms with E-state index in [-0.39, 0.29) is 23.8 Å². The number of hydrogen-bond donors (Lipinski definition) is 0. The Morgan fingerprint density at radius 1 is 1.21 bits per heavy atom. The van der Waals surface area contributed by atoms with Gasteiger partial charge in [0, 0.05) is 43.5 Å². The molecule has 4 nitrogen and oxygen atoms in total. The second kappa shape index (κ2) is 7.60. The quantitative estimate of drug-likeness (QED) is 0.845. The Morgan fingerprint density at radius 3 is 2.54 bits per heavy atom. The number of amides is 2. The first-order valence-electron chi connectivity index (χ1n) is 8.85. The molecule has 1 aromatic carbocycles. The molecule has 0 saturated carbocycles.